The Hall–Kier alpha value is -2.77. The number of anilines is 2. The molecule has 7 nitrogen and oxygen atoms in total. The fraction of sp³-hybridized carbons (Fsp3) is 0.417. The molecule has 2 aliphatic heterocycles. The van der Waals surface area contributed by atoms with Gasteiger partial charge in [0.1, 0.15) is 5.84 Å². The molecule has 1 N–H and O–H groups in total. The molecule has 0 bridgehead atoms. The molecule has 0 radical (unpaired) electrons. The van der Waals surface area contributed by atoms with Crippen LogP contribution in [0.5, 0.6) is 0 Å². The van der Waals surface area contributed by atoms with Crippen LogP contribution in [-0.2, 0) is 0 Å². The first-order valence-corrected chi connectivity index (χ1v) is 11.7. The molecule has 2 fully saturated rings. The first-order valence-electron chi connectivity index (χ1n) is 11.3. The van der Waals surface area contributed by atoms with Gasteiger partial charge in [0, 0.05) is 24.7 Å². The van der Waals surface area contributed by atoms with Crippen molar-refractivity contribution >= 4 is 41.5 Å². The van der Waals surface area contributed by atoms with Crippen molar-refractivity contribution in [3.05, 3.63) is 52.3 Å². The summed E-state index contributed by atoms with van der Waals surface area (Å²) >= 11 is 6.12. The third kappa shape index (κ3) is 5.34. The van der Waals surface area contributed by atoms with Crippen molar-refractivity contribution in [2.24, 2.45) is 10.9 Å². The van der Waals surface area contributed by atoms with Gasteiger partial charge in [-0.3, -0.25) is 4.99 Å². The van der Waals surface area contributed by atoms with Crippen LogP contribution in [0.3, 0.4) is 0 Å². The standard InChI is InChI=1S/C24H28ClN7/c1-31-10-3-11-32(13-12-31)24-29-21(9-6-17-4-2-5-20(25)14-17)27-23(30-24)28-22-15-19(16-26-22)18-7-8-18/h2,4-6,9,14-15,18H,3,7-8,10-13,16H2,1H3,(H,26,27,28,29,30)/b9-6+. The lowest BCUT2D eigenvalue weighted by Crippen LogP contribution is -2.30. The highest BCUT2D eigenvalue weighted by atomic mass is 35.5. The largest absolute Gasteiger partial charge is 0.339 e. The number of hydrogen-bond acceptors (Lipinski definition) is 7. The molecule has 1 aliphatic carbocycles. The monoisotopic (exact) mass is 449 g/mol. The van der Waals surface area contributed by atoms with E-state index in [9.17, 15) is 0 Å². The number of aromatic nitrogens is 3. The lowest BCUT2D eigenvalue weighted by molar-refractivity contribution is 0.360. The smallest absolute Gasteiger partial charge is 0.233 e. The summed E-state index contributed by atoms with van der Waals surface area (Å²) in [6.45, 7) is 4.68. The number of likely N-dealkylation sites (N-methyl/N-ethyl adjacent to an activating group) is 1. The molecule has 0 atom stereocenters. The molecule has 0 spiro atoms. The van der Waals surface area contributed by atoms with E-state index >= 15 is 0 Å². The highest BCUT2D eigenvalue weighted by Crippen LogP contribution is 2.37. The van der Waals surface area contributed by atoms with Gasteiger partial charge in [-0.2, -0.15) is 15.0 Å². The van der Waals surface area contributed by atoms with Crippen molar-refractivity contribution in [3.8, 4) is 0 Å². The summed E-state index contributed by atoms with van der Waals surface area (Å²) in [5.74, 6) is 3.40. The lowest BCUT2D eigenvalue weighted by atomic mass is 10.2. The van der Waals surface area contributed by atoms with Gasteiger partial charge < -0.3 is 15.1 Å². The Morgan fingerprint density at radius 3 is 2.81 bits per heavy atom. The fourth-order valence-electron chi connectivity index (χ4n) is 4.01. The molecule has 1 saturated heterocycles. The zero-order valence-electron chi connectivity index (χ0n) is 18.3. The van der Waals surface area contributed by atoms with Crippen LogP contribution in [0.15, 0.2) is 40.9 Å². The maximum absolute atomic E-state index is 6.12. The van der Waals surface area contributed by atoms with Crippen molar-refractivity contribution < 1.29 is 0 Å². The van der Waals surface area contributed by atoms with E-state index in [2.05, 4.69) is 38.2 Å². The third-order valence-electron chi connectivity index (χ3n) is 6.01. The molecule has 166 valence electrons. The Morgan fingerprint density at radius 2 is 1.97 bits per heavy atom. The van der Waals surface area contributed by atoms with Gasteiger partial charge >= 0.3 is 0 Å². The fourth-order valence-corrected chi connectivity index (χ4v) is 4.21. The van der Waals surface area contributed by atoms with Gasteiger partial charge in [-0.15, -0.1) is 0 Å². The van der Waals surface area contributed by atoms with Crippen LogP contribution in [0.4, 0.5) is 11.9 Å². The SMILES string of the molecule is CN1CCCN(c2nc(/C=C/c3cccc(Cl)c3)nc(NC3=NCC(C4CC4)=C3)n2)CC1. The normalized spacial score (nSPS) is 19.8. The molecule has 32 heavy (non-hydrogen) atoms. The second-order valence-electron chi connectivity index (χ2n) is 8.67. The summed E-state index contributed by atoms with van der Waals surface area (Å²) in [5.41, 5.74) is 2.42. The van der Waals surface area contributed by atoms with Crippen LogP contribution < -0.4 is 10.2 Å². The van der Waals surface area contributed by atoms with Gasteiger partial charge in [0.2, 0.25) is 11.9 Å². The van der Waals surface area contributed by atoms with Gasteiger partial charge in [-0.25, -0.2) is 0 Å². The summed E-state index contributed by atoms with van der Waals surface area (Å²) in [6, 6.07) is 7.72. The Morgan fingerprint density at radius 1 is 1.06 bits per heavy atom. The van der Waals surface area contributed by atoms with E-state index in [0.717, 1.165) is 56.5 Å². The molecule has 3 aliphatic rings. The molecule has 2 aromatic rings. The number of nitrogens with zero attached hydrogens (tertiary/aromatic N) is 6. The number of benzene rings is 1. The third-order valence-corrected chi connectivity index (χ3v) is 6.25. The van der Waals surface area contributed by atoms with Gasteiger partial charge in [0.15, 0.2) is 5.82 Å². The van der Waals surface area contributed by atoms with Gasteiger partial charge in [0.25, 0.3) is 0 Å². The molecule has 8 heteroatoms. The van der Waals surface area contributed by atoms with E-state index in [4.69, 9.17) is 21.6 Å². The van der Waals surface area contributed by atoms with Crippen molar-refractivity contribution in [1.82, 2.24) is 19.9 Å². The van der Waals surface area contributed by atoms with E-state index in [0.29, 0.717) is 22.7 Å². The zero-order chi connectivity index (χ0) is 21.9. The topological polar surface area (TPSA) is 69.5 Å². The maximum Gasteiger partial charge on any atom is 0.233 e. The minimum Gasteiger partial charge on any atom is -0.339 e. The van der Waals surface area contributed by atoms with E-state index in [-0.39, 0.29) is 0 Å². The maximum atomic E-state index is 6.12. The number of aliphatic imine (C=N–C) groups is 1. The summed E-state index contributed by atoms with van der Waals surface area (Å²) < 4.78 is 0. The second-order valence-corrected chi connectivity index (χ2v) is 9.11. The van der Waals surface area contributed by atoms with Crippen LogP contribution in [0.2, 0.25) is 5.02 Å². The zero-order valence-corrected chi connectivity index (χ0v) is 19.1. The Balaban J connectivity index is 1.41. The number of amidine groups is 1. The molecule has 5 rings (SSSR count). The summed E-state index contributed by atoms with van der Waals surface area (Å²) in [7, 11) is 2.16. The number of nitrogens with one attached hydrogen (secondary N) is 1. The Bertz CT molecular complexity index is 1070. The van der Waals surface area contributed by atoms with E-state index in [1.54, 1.807) is 0 Å². The molecule has 1 saturated carbocycles. The molecule has 0 unspecified atom stereocenters. The second kappa shape index (κ2) is 9.38. The van der Waals surface area contributed by atoms with E-state index in [1.807, 2.05) is 36.4 Å². The average molecular weight is 450 g/mol. The van der Waals surface area contributed by atoms with Gasteiger partial charge in [0.05, 0.1) is 6.54 Å². The minimum absolute atomic E-state index is 0.533. The van der Waals surface area contributed by atoms with E-state index < -0.39 is 0 Å². The van der Waals surface area contributed by atoms with Crippen LogP contribution in [-0.4, -0.2) is 65.5 Å². The predicted molar refractivity (Wildman–Crippen MR) is 131 cm³/mol. The van der Waals surface area contributed by atoms with Crippen LogP contribution >= 0.6 is 11.6 Å². The highest BCUT2D eigenvalue weighted by molar-refractivity contribution is 6.30. The minimum atomic E-state index is 0.533. The van der Waals surface area contributed by atoms with Gasteiger partial charge in [-0.1, -0.05) is 29.8 Å². The summed E-state index contributed by atoms with van der Waals surface area (Å²) in [5, 5.41) is 4.03. The molecular formula is C24H28ClN7. The molecule has 0 amide bonds. The van der Waals surface area contributed by atoms with Crippen molar-refractivity contribution in [3.63, 3.8) is 0 Å². The van der Waals surface area contributed by atoms with Crippen molar-refractivity contribution in [2.75, 3.05) is 50.0 Å². The molecular weight excluding hydrogens is 422 g/mol. The van der Waals surface area contributed by atoms with Crippen LogP contribution in [0.1, 0.15) is 30.7 Å². The van der Waals surface area contributed by atoms with Gasteiger partial charge in [-0.05, 0) is 74.2 Å². The van der Waals surface area contributed by atoms with Crippen LogP contribution in [0.25, 0.3) is 12.2 Å². The number of rotatable bonds is 5. The molecule has 1 aromatic carbocycles. The number of halogens is 1. The quantitative estimate of drug-likeness (QED) is 0.744. The molecule has 1 aromatic heterocycles. The predicted octanol–water partition coefficient (Wildman–Crippen LogP) is 4.00. The lowest BCUT2D eigenvalue weighted by Gasteiger charge is -2.21. The van der Waals surface area contributed by atoms with Crippen LogP contribution in [0, 0.1) is 5.92 Å². The first kappa shape index (κ1) is 21.1. The van der Waals surface area contributed by atoms with Crippen molar-refractivity contribution in [2.45, 2.75) is 19.3 Å². The molecule has 3 heterocycles. The van der Waals surface area contributed by atoms with Crippen molar-refractivity contribution in [1.29, 1.82) is 0 Å². The Kier molecular flexibility index (Phi) is 6.19. The van der Waals surface area contributed by atoms with E-state index in [1.165, 1.54) is 18.4 Å². The highest BCUT2D eigenvalue weighted by Gasteiger charge is 2.28. The summed E-state index contributed by atoms with van der Waals surface area (Å²) in [6.07, 6.45) is 9.69. The Labute approximate surface area is 193 Å². The first-order chi connectivity index (χ1) is 15.6. The number of hydrogen-bond donors (Lipinski definition) is 1. The summed E-state index contributed by atoms with van der Waals surface area (Å²) in [4.78, 5) is 23.4. The average Bonchev–Trinajstić information content (AvgIpc) is 3.57.